The summed E-state index contributed by atoms with van der Waals surface area (Å²) in [5.74, 6) is 2.67. The molecule has 8 aromatic carbocycles. The third-order valence-electron chi connectivity index (χ3n) is 12.0. The average Bonchev–Trinajstić information content (AvgIpc) is 3.38. The molecule has 8 rings (SSSR count). The molecule has 0 radical (unpaired) electrons. The van der Waals surface area contributed by atoms with Crippen LogP contribution in [0.15, 0.2) is 165 Å². The van der Waals surface area contributed by atoms with Crippen LogP contribution in [-0.2, 0) is 29.4 Å². The Morgan fingerprint density at radius 1 is 0.455 bits per heavy atom. The van der Waals surface area contributed by atoms with Crippen molar-refractivity contribution >= 4 is 49.3 Å². The van der Waals surface area contributed by atoms with Gasteiger partial charge in [-0.3, -0.25) is 4.79 Å². The summed E-state index contributed by atoms with van der Waals surface area (Å²) in [4.78, 5) is 12.1. The Morgan fingerprint density at radius 3 is 0.974 bits per heavy atom. The fourth-order valence-corrected chi connectivity index (χ4v) is 10.6. The van der Waals surface area contributed by atoms with Gasteiger partial charge >= 0.3 is 103 Å². The molecule has 0 unspecified atom stereocenters. The predicted octanol–water partition coefficient (Wildman–Crippen LogP) is 8.55. The number of hydrogen-bond donors (Lipinski definition) is 2. The fraction of sp³-hybridized carbons (Fsp3) is 0.183. The zero-order valence-electron chi connectivity index (χ0n) is 45.6. The predicted molar refractivity (Wildman–Crippen MR) is 298 cm³/mol. The molecule has 0 aliphatic carbocycles. The molecule has 0 saturated heterocycles. The number of phenols is 2. The molecule has 0 aliphatic heterocycles. The van der Waals surface area contributed by atoms with Gasteiger partial charge in [-0.2, -0.15) is 0 Å². The molecule has 0 spiro atoms. The molecule has 396 valence electrons. The van der Waals surface area contributed by atoms with E-state index in [1.165, 1.54) is 46.5 Å². The smallest absolute Gasteiger partial charge is 1.00 e. The van der Waals surface area contributed by atoms with E-state index in [1.807, 2.05) is 65.8 Å². The van der Waals surface area contributed by atoms with Gasteiger partial charge in [-0.05, 0) is 268 Å². The second-order valence-electron chi connectivity index (χ2n) is 17.4. The quantitative estimate of drug-likeness (QED) is 0.0581. The van der Waals surface area contributed by atoms with Gasteiger partial charge in [0.1, 0.15) is 28.7 Å². The van der Waals surface area contributed by atoms with Gasteiger partial charge in [0.05, 0.1) is 26.7 Å². The van der Waals surface area contributed by atoms with Crippen molar-refractivity contribution in [2.45, 2.75) is 89.3 Å². The van der Waals surface area contributed by atoms with Crippen LogP contribution >= 0.6 is 23.2 Å². The topological polar surface area (TPSA) is 177 Å². The van der Waals surface area contributed by atoms with Crippen LogP contribution in [0.5, 0.6) is 28.7 Å². The summed E-state index contributed by atoms with van der Waals surface area (Å²) in [7, 11) is -5.57. The largest absolute Gasteiger partial charge is 1.00 e. The standard InChI is InChI=1S/C30H30O4S.C16H18O2.C12H8Cl2O2S.CH2O3.CH4.2K.H/c1-19-15-24(16-20(2)23(19)5)25-17-21(3)30(22(4)18-25)34-27-9-13-29(14-10-27)35(31,32)28-11-7-26(33-6)8-12-28;1-9-5-13(6-10(2)15(9)17)14-7-11(3)16(18)12(4)8-14;13-9-1-5-11(6-2-9)17(15,16)12-7-3-10(14)4-8-12;2-1-4-3;;;;/h7-18H,1-6H3;5-8,17-18H,1-4H3;1-8H;1,3H;1H4;;;/q;;;;;2*+1;-1/p-1. The van der Waals surface area contributed by atoms with Crippen LogP contribution in [0.2, 0.25) is 10.0 Å². The van der Waals surface area contributed by atoms with Gasteiger partial charge in [-0.15, -0.1) is 0 Å². The Bertz CT molecular complexity index is 3310. The zero-order chi connectivity index (χ0) is 54.7. The van der Waals surface area contributed by atoms with Gasteiger partial charge in [0.15, 0.2) is 0 Å². The van der Waals surface area contributed by atoms with E-state index in [0.717, 1.165) is 55.8 Å². The summed E-state index contributed by atoms with van der Waals surface area (Å²) >= 11 is 11.4. The molecule has 2 N–H and O–H groups in total. The van der Waals surface area contributed by atoms with Crippen molar-refractivity contribution in [1.29, 1.82) is 0 Å². The van der Waals surface area contributed by atoms with Crippen molar-refractivity contribution in [3.05, 3.63) is 206 Å². The summed E-state index contributed by atoms with van der Waals surface area (Å²) in [6.45, 7) is 17.9. The van der Waals surface area contributed by atoms with Crippen molar-refractivity contribution in [3.63, 3.8) is 0 Å². The maximum atomic E-state index is 13.0. The van der Waals surface area contributed by atoms with Crippen molar-refractivity contribution in [2.24, 2.45) is 0 Å². The van der Waals surface area contributed by atoms with E-state index in [0.29, 0.717) is 33.0 Å². The monoisotopic (exact) mass is 1170 g/mol. The molecule has 77 heavy (non-hydrogen) atoms. The normalized spacial score (nSPS) is 10.5. The van der Waals surface area contributed by atoms with E-state index in [9.17, 15) is 27.0 Å². The number of hydrogen-bond acceptors (Lipinski definition) is 11. The SMILES string of the molecule is C.COc1ccc(S(=O)(=O)c2ccc(Oc3c(C)cc(-c4cc(C)c(C)c(C)c4)cc3C)cc2)cc1.Cc1cc(-c2cc(C)c(O)c(C)c2)cc(C)c1O.O=CO[O-].O=S(=O)(c1ccc(Cl)cc1)c1ccc(Cl)cc1.[H-].[K+].[K+]. The minimum Gasteiger partial charge on any atom is -1.00 e. The molecule has 0 saturated carbocycles. The maximum absolute atomic E-state index is 13.0. The number of methoxy groups -OCH3 is 1. The number of benzene rings is 8. The summed E-state index contributed by atoms with van der Waals surface area (Å²) in [6.07, 6.45) is 0. The third kappa shape index (κ3) is 18.3. The molecule has 0 atom stereocenters. The van der Waals surface area contributed by atoms with E-state index in [4.69, 9.17) is 42.7 Å². The Hall–Kier alpha value is -3.86. The first-order valence-corrected chi connectivity index (χ1v) is 26.6. The zero-order valence-corrected chi connectivity index (χ0v) is 54.0. The number of aryl methyl sites for hydroxylation is 8. The molecule has 8 aromatic rings. The molecule has 0 amide bonds. The van der Waals surface area contributed by atoms with Gasteiger partial charge in [0.2, 0.25) is 19.7 Å². The number of carbonyl (C=O) groups excluding carboxylic acids is 1. The first-order valence-electron chi connectivity index (χ1n) is 22.9. The van der Waals surface area contributed by atoms with Gasteiger partial charge in [-0.1, -0.05) is 42.8 Å². The molecule has 17 heteroatoms. The summed E-state index contributed by atoms with van der Waals surface area (Å²) in [5.41, 5.74) is 13.9. The summed E-state index contributed by atoms with van der Waals surface area (Å²) < 4.78 is 61.6. The van der Waals surface area contributed by atoms with E-state index in [2.05, 4.69) is 49.9 Å². The number of halogens is 2. The van der Waals surface area contributed by atoms with E-state index >= 15 is 0 Å². The molecule has 0 aromatic heterocycles. The first-order chi connectivity index (χ1) is 34.9. The van der Waals surface area contributed by atoms with Crippen LogP contribution in [-0.4, -0.2) is 40.6 Å². The minimum atomic E-state index is -3.63. The van der Waals surface area contributed by atoms with Crippen LogP contribution < -0.4 is 118 Å². The van der Waals surface area contributed by atoms with Crippen molar-refractivity contribution in [2.75, 3.05) is 7.11 Å². The number of aromatic hydroxyl groups is 2. The number of phenolic OH excluding ortho intramolecular Hbond substituents is 2. The molecule has 0 heterocycles. The van der Waals surface area contributed by atoms with Crippen LogP contribution in [0.1, 0.15) is 58.9 Å². The summed E-state index contributed by atoms with van der Waals surface area (Å²) in [5, 5.41) is 29.0. The summed E-state index contributed by atoms with van der Waals surface area (Å²) in [6, 6.07) is 41.6. The Morgan fingerprint density at radius 2 is 0.701 bits per heavy atom. The van der Waals surface area contributed by atoms with Gasteiger partial charge in [-0.25, -0.2) is 16.8 Å². The second kappa shape index (κ2) is 31.2. The average molecular weight is 1170 g/mol. The van der Waals surface area contributed by atoms with Crippen molar-refractivity contribution < 1.29 is 156 Å². The minimum absolute atomic E-state index is 0. The number of carbonyl (C=O) groups is 1. The van der Waals surface area contributed by atoms with Crippen LogP contribution in [0.4, 0.5) is 0 Å². The Labute approximate surface area is 550 Å². The molecule has 0 bridgehead atoms. The number of sulfone groups is 2. The van der Waals surface area contributed by atoms with Gasteiger partial charge in [0.25, 0.3) is 6.47 Å². The molecular weight excluding hydrogens is 1110 g/mol. The van der Waals surface area contributed by atoms with Crippen molar-refractivity contribution in [3.8, 4) is 51.0 Å². The molecular formula is C60H62Cl2K2O11S2. The van der Waals surface area contributed by atoms with Crippen LogP contribution in [0, 0.1) is 62.3 Å². The van der Waals surface area contributed by atoms with Crippen molar-refractivity contribution in [1.82, 2.24) is 0 Å². The molecule has 0 aliphatic rings. The Kier molecular flexibility index (Phi) is 28.1. The third-order valence-corrected chi connectivity index (χ3v) is 16.1. The maximum Gasteiger partial charge on any atom is 1.00 e. The molecule has 0 fully saturated rings. The van der Waals surface area contributed by atoms with Gasteiger partial charge in [0, 0.05) is 10.0 Å². The number of ether oxygens (including phenoxy) is 2. The Balaban J connectivity index is 0.000000599. The number of rotatable bonds is 10. The molecule has 11 nitrogen and oxygen atoms in total. The first kappa shape index (κ1) is 69.2. The van der Waals surface area contributed by atoms with Crippen LogP contribution in [0.25, 0.3) is 22.3 Å². The van der Waals surface area contributed by atoms with E-state index in [1.54, 1.807) is 79.9 Å². The van der Waals surface area contributed by atoms with E-state index < -0.39 is 19.7 Å². The van der Waals surface area contributed by atoms with E-state index in [-0.39, 0.29) is 138 Å². The van der Waals surface area contributed by atoms with Gasteiger partial charge < -0.3 is 31.3 Å². The fourth-order valence-electron chi connectivity index (χ4n) is 7.78. The second-order valence-corrected chi connectivity index (χ2v) is 22.2. The van der Waals surface area contributed by atoms with Crippen LogP contribution in [0.3, 0.4) is 0 Å².